The van der Waals surface area contributed by atoms with Gasteiger partial charge in [0.2, 0.25) is 10.0 Å². The predicted molar refractivity (Wildman–Crippen MR) is 84.3 cm³/mol. The molecule has 1 aromatic carbocycles. The second-order valence-electron chi connectivity index (χ2n) is 4.12. The second kappa shape index (κ2) is 8.45. The van der Waals surface area contributed by atoms with Gasteiger partial charge in [0.25, 0.3) is 0 Å². The zero-order valence-electron chi connectivity index (χ0n) is 11.0. The third kappa shape index (κ3) is 5.42. The number of aliphatic hydroxyl groups is 1. The molecule has 0 fully saturated rings. The summed E-state index contributed by atoms with van der Waals surface area (Å²) >= 11 is 6.59. The maximum atomic E-state index is 12.2. The highest BCUT2D eigenvalue weighted by molar-refractivity contribution is 9.11. The lowest BCUT2D eigenvalue weighted by atomic mass is 10.2. The van der Waals surface area contributed by atoms with Crippen LogP contribution >= 0.6 is 31.9 Å². The van der Waals surface area contributed by atoms with Crippen molar-refractivity contribution in [2.24, 2.45) is 0 Å². The van der Waals surface area contributed by atoms with Crippen molar-refractivity contribution in [2.75, 3.05) is 26.4 Å². The maximum absolute atomic E-state index is 12.2. The molecule has 0 amide bonds. The van der Waals surface area contributed by atoms with Crippen LogP contribution in [-0.2, 0) is 14.8 Å². The van der Waals surface area contributed by atoms with Crippen LogP contribution < -0.4 is 4.72 Å². The Labute approximate surface area is 136 Å². The average molecular weight is 431 g/mol. The molecular weight excluding hydrogens is 414 g/mol. The summed E-state index contributed by atoms with van der Waals surface area (Å²) in [5.41, 5.74) is 0.952. The number of aliphatic hydroxyl groups excluding tert-OH is 1. The number of rotatable bonds is 8. The standard InChI is InChI=1S/C12H17Br2NO4S/c1-9-7-11(14)12(8-10(9)13)20(17,18)15-3-2-5-19-6-4-16/h7-8,15-16H,2-6H2,1H3. The summed E-state index contributed by atoms with van der Waals surface area (Å²) in [5.74, 6) is 0. The Kier molecular flexibility index (Phi) is 7.63. The van der Waals surface area contributed by atoms with Crippen molar-refractivity contribution >= 4 is 41.9 Å². The van der Waals surface area contributed by atoms with Crippen LogP contribution in [0.1, 0.15) is 12.0 Å². The molecule has 8 heteroatoms. The van der Waals surface area contributed by atoms with E-state index in [0.717, 1.165) is 10.0 Å². The van der Waals surface area contributed by atoms with Gasteiger partial charge in [0.15, 0.2) is 0 Å². The molecule has 0 atom stereocenters. The van der Waals surface area contributed by atoms with E-state index in [1.807, 2.05) is 6.92 Å². The fraction of sp³-hybridized carbons (Fsp3) is 0.500. The topological polar surface area (TPSA) is 75.6 Å². The van der Waals surface area contributed by atoms with Crippen molar-refractivity contribution in [3.8, 4) is 0 Å². The van der Waals surface area contributed by atoms with Gasteiger partial charge in [0, 0.05) is 22.1 Å². The number of hydrogen-bond donors (Lipinski definition) is 2. The van der Waals surface area contributed by atoms with Crippen LogP contribution in [0.4, 0.5) is 0 Å². The van der Waals surface area contributed by atoms with Gasteiger partial charge in [-0.05, 0) is 47.0 Å². The Hall–Kier alpha value is 0.01000. The van der Waals surface area contributed by atoms with Crippen molar-refractivity contribution in [3.63, 3.8) is 0 Å². The lowest BCUT2D eigenvalue weighted by molar-refractivity contribution is 0.0913. The first-order valence-electron chi connectivity index (χ1n) is 6.02. The van der Waals surface area contributed by atoms with Crippen LogP contribution in [0.15, 0.2) is 26.0 Å². The highest BCUT2D eigenvalue weighted by Crippen LogP contribution is 2.28. The molecule has 20 heavy (non-hydrogen) atoms. The van der Waals surface area contributed by atoms with Crippen LogP contribution in [0.3, 0.4) is 0 Å². The van der Waals surface area contributed by atoms with Gasteiger partial charge in [-0.1, -0.05) is 15.9 Å². The summed E-state index contributed by atoms with van der Waals surface area (Å²) in [7, 11) is -3.55. The number of benzene rings is 1. The van der Waals surface area contributed by atoms with Crippen LogP contribution in [0, 0.1) is 6.92 Å². The van der Waals surface area contributed by atoms with E-state index in [0.29, 0.717) is 17.5 Å². The van der Waals surface area contributed by atoms with Gasteiger partial charge >= 0.3 is 0 Å². The van der Waals surface area contributed by atoms with Crippen LogP contribution in [0.25, 0.3) is 0 Å². The number of halogens is 2. The summed E-state index contributed by atoms with van der Waals surface area (Å²) in [6.07, 6.45) is 0.546. The predicted octanol–water partition coefficient (Wildman–Crippen LogP) is 2.20. The zero-order chi connectivity index (χ0) is 15.2. The van der Waals surface area contributed by atoms with Crippen molar-refractivity contribution in [2.45, 2.75) is 18.2 Å². The summed E-state index contributed by atoms with van der Waals surface area (Å²) < 4.78 is 33.2. The molecule has 0 aromatic heterocycles. The summed E-state index contributed by atoms with van der Waals surface area (Å²) in [6.45, 7) is 2.81. The van der Waals surface area contributed by atoms with Crippen LogP contribution in [0.2, 0.25) is 0 Å². The normalized spacial score (nSPS) is 11.8. The Morgan fingerprint density at radius 3 is 2.60 bits per heavy atom. The number of aryl methyl sites for hydroxylation is 1. The molecular formula is C12H17Br2NO4S. The smallest absolute Gasteiger partial charge is 0.241 e. The Bertz CT molecular complexity index is 549. The van der Waals surface area contributed by atoms with Crippen molar-refractivity contribution < 1.29 is 18.3 Å². The lowest BCUT2D eigenvalue weighted by Gasteiger charge is -2.10. The average Bonchev–Trinajstić information content (AvgIpc) is 2.37. The largest absolute Gasteiger partial charge is 0.394 e. The molecule has 0 unspecified atom stereocenters. The minimum Gasteiger partial charge on any atom is -0.394 e. The van der Waals surface area contributed by atoms with E-state index < -0.39 is 10.0 Å². The molecule has 0 radical (unpaired) electrons. The van der Waals surface area contributed by atoms with Gasteiger partial charge in [0.1, 0.15) is 0 Å². The number of ether oxygens (including phenoxy) is 1. The molecule has 0 saturated heterocycles. The lowest BCUT2D eigenvalue weighted by Crippen LogP contribution is -2.26. The third-order valence-electron chi connectivity index (χ3n) is 2.50. The van der Waals surface area contributed by atoms with Crippen LogP contribution in [0.5, 0.6) is 0 Å². The SMILES string of the molecule is Cc1cc(Br)c(S(=O)(=O)NCCCOCCO)cc1Br. The van der Waals surface area contributed by atoms with Gasteiger partial charge in [-0.2, -0.15) is 0 Å². The summed E-state index contributed by atoms with van der Waals surface area (Å²) in [4.78, 5) is 0.200. The maximum Gasteiger partial charge on any atom is 0.241 e. The van der Waals surface area contributed by atoms with E-state index in [9.17, 15) is 8.42 Å². The number of sulfonamides is 1. The monoisotopic (exact) mass is 429 g/mol. The van der Waals surface area contributed by atoms with Crippen molar-refractivity contribution in [1.82, 2.24) is 4.72 Å². The van der Waals surface area contributed by atoms with Gasteiger partial charge in [-0.3, -0.25) is 0 Å². The fourth-order valence-corrected chi connectivity index (χ4v) is 4.21. The molecule has 0 aliphatic rings. The minimum atomic E-state index is -3.55. The molecule has 0 aliphatic heterocycles. The summed E-state index contributed by atoms with van der Waals surface area (Å²) in [6, 6.07) is 3.33. The van der Waals surface area contributed by atoms with Crippen molar-refractivity contribution in [1.29, 1.82) is 0 Å². The van der Waals surface area contributed by atoms with E-state index in [1.165, 1.54) is 0 Å². The third-order valence-corrected chi connectivity index (χ3v) is 5.77. The highest BCUT2D eigenvalue weighted by atomic mass is 79.9. The van der Waals surface area contributed by atoms with Gasteiger partial charge < -0.3 is 9.84 Å². The molecule has 0 bridgehead atoms. The first-order chi connectivity index (χ1) is 9.38. The zero-order valence-corrected chi connectivity index (χ0v) is 15.0. The Morgan fingerprint density at radius 2 is 1.95 bits per heavy atom. The minimum absolute atomic E-state index is 0.0317. The van der Waals surface area contributed by atoms with E-state index in [1.54, 1.807) is 12.1 Å². The molecule has 0 heterocycles. The highest BCUT2D eigenvalue weighted by Gasteiger charge is 2.18. The van der Waals surface area contributed by atoms with Gasteiger partial charge in [0.05, 0.1) is 18.1 Å². The Balaban J connectivity index is 2.63. The van der Waals surface area contributed by atoms with E-state index in [4.69, 9.17) is 9.84 Å². The van der Waals surface area contributed by atoms with Gasteiger partial charge in [-0.15, -0.1) is 0 Å². The molecule has 5 nitrogen and oxygen atoms in total. The van der Waals surface area contributed by atoms with Crippen molar-refractivity contribution in [3.05, 3.63) is 26.6 Å². The molecule has 2 N–H and O–H groups in total. The first-order valence-corrected chi connectivity index (χ1v) is 9.09. The second-order valence-corrected chi connectivity index (χ2v) is 7.56. The number of nitrogens with one attached hydrogen (secondary N) is 1. The molecule has 0 spiro atoms. The van der Waals surface area contributed by atoms with E-state index in [2.05, 4.69) is 36.6 Å². The fourth-order valence-electron chi connectivity index (χ4n) is 1.46. The number of hydrogen-bond acceptors (Lipinski definition) is 4. The van der Waals surface area contributed by atoms with E-state index >= 15 is 0 Å². The molecule has 0 aliphatic carbocycles. The Morgan fingerprint density at radius 1 is 1.25 bits per heavy atom. The molecule has 1 rings (SSSR count). The first kappa shape index (κ1) is 18.1. The summed E-state index contributed by atoms with van der Waals surface area (Å²) in [5, 5.41) is 8.53. The van der Waals surface area contributed by atoms with E-state index in [-0.39, 0.29) is 24.7 Å². The molecule has 114 valence electrons. The molecule has 0 saturated carbocycles. The van der Waals surface area contributed by atoms with Gasteiger partial charge in [-0.25, -0.2) is 13.1 Å². The van der Waals surface area contributed by atoms with Crippen LogP contribution in [-0.4, -0.2) is 39.9 Å². The quantitative estimate of drug-likeness (QED) is 0.620. The molecule has 1 aromatic rings.